The molecule has 0 saturated carbocycles. The Morgan fingerprint density at radius 2 is 2.07 bits per heavy atom. The van der Waals surface area contributed by atoms with Gasteiger partial charge in [-0.15, -0.1) is 0 Å². The molecule has 8 heteroatoms. The van der Waals surface area contributed by atoms with E-state index in [1.54, 1.807) is 18.5 Å². The topological polar surface area (TPSA) is 106 Å². The number of pyridine rings is 1. The number of carbonyl (C=O) groups excluding carboxylic acids is 1. The van der Waals surface area contributed by atoms with E-state index in [0.717, 1.165) is 16.6 Å². The van der Waals surface area contributed by atoms with Gasteiger partial charge in [0.25, 0.3) is 0 Å². The number of allylic oxidation sites excluding steroid dienone is 2. The molecular weight excluding hydrogens is 356 g/mol. The molecule has 0 fully saturated rings. The van der Waals surface area contributed by atoms with Crippen molar-refractivity contribution < 1.29 is 9.90 Å². The molecule has 0 spiro atoms. The molecule has 3 aromatic rings. The standard InChI is InChI=1S/C20H22N6O2/c1-12(2)26-16-9-18(22-10-15(16)23-19(26)11-27)24-17-7-8-21-20(25-17)13-3-5-14(28)6-4-13/h3,7-10,12,27H,4-6,11H2,1-2H3,(H,21,22,24,25). The van der Waals surface area contributed by atoms with E-state index in [4.69, 9.17) is 0 Å². The quantitative estimate of drug-likeness (QED) is 0.702. The van der Waals surface area contributed by atoms with Gasteiger partial charge in [-0.2, -0.15) is 0 Å². The van der Waals surface area contributed by atoms with Crippen LogP contribution < -0.4 is 5.32 Å². The van der Waals surface area contributed by atoms with Crippen molar-refractivity contribution in [3.05, 3.63) is 42.3 Å². The number of nitrogens with zero attached hydrogens (tertiary/aromatic N) is 5. The van der Waals surface area contributed by atoms with Crippen molar-refractivity contribution in [3.63, 3.8) is 0 Å². The molecule has 2 N–H and O–H groups in total. The lowest BCUT2D eigenvalue weighted by molar-refractivity contribution is -0.118. The molecule has 0 aromatic carbocycles. The second-order valence-electron chi connectivity index (χ2n) is 7.07. The van der Waals surface area contributed by atoms with Crippen molar-refractivity contribution in [2.24, 2.45) is 0 Å². The number of aliphatic hydroxyl groups excluding tert-OH is 1. The minimum absolute atomic E-state index is 0.123. The predicted molar refractivity (Wildman–Crippen MR) is 106 cm³/mol. The van der Waals surface area contributed by atoms with Gasteiger partial charge in [-0.05, 0) is 31.9 Å². The summed E-state index contributed by atoms with van der Waals surface area (Å²) in [6.45, 7) is 3.98. The van der Waals surface area contributed by atoms with Gasteiger partial charge in [0.15, 0.2) is 5.82 Å². The molecule has 0 amide bonds. The Kier molecular flexibility index (Phi) is 4.87. The Morgan fingerprint density at radius 1 is 1.21 bits per heavy atom. The number of ketones is 1. The maximum absolute atomic E-state index is 11.4. The van der Waals surface area contributed by atoms with Gasteiger partial charge in [0.05, 0.1) is 11.7 Å². The van der Waals surface area contributed by atoms with Crippen LogP contribution in [0.2, 0.25) is 0 Å². The highest BCUT2D eigenvalue weighted by molar-refractivity contribution is 5.86. The summed E-state index contributed by atoms with van der Waals surface area (Å²) >= 11 is 0. The van der Waals surface area contributed by atoms with Crippen molar-refractivity contribution in [3.8, 4) is 0 Å². The van der Waals surface area contributed by atoms with E-state index >= 15 is 0 Å². The average Bonchev–Trinajstić information content (AvgIpc) is 3.07. The normalized spacial score (nSPS) is 14.6. The molecule has 0 saturated heterocycles. The van der Waals surface area contributed by atoms with Crippen LogP contribution in [0.25, 0.3) is 16.6 Å². The highest BCUT2D eigenvalue weighted by Gasteiger charge is 2.16. The van der Waals surface area contributed by atoms with Crippen LogP contribution in [0, 0.1) is 0 Å². The lowest BCUT2D eigenvalue weighted by atomic mass is 9.98. The Bertz CT molecular complexity index is 1070. The summed E-state index contributed by atoms with van der Waals surface area (Å²) in [4.78, 5) is 29.2. The molecule has 4 rings (SSSR count). The Hall–Kier alpha value is -3.13. The van der Waals surface area contributed by atoms with Gasteiger partial charge < -0.3 is 15.0 Å². The molecule has 0 bridgehead atoms. The fraction of sp³-hybridized carbons (Fsp3) is 0.350. The summed E-state index contributed by atoms with van der Waals surface area (Å²) in [5, 5.41) is 12.8. The molecule has 3 aromatic heterocycles. The molecule has 28 heavy (non-hydrogen) atoms. The van der Waals surface area contributed by atoms with Crippen molar-refractivity contribution >= 4 is 34.0 Å². The lowest BCUT2D eigenvalue weighted by Gasteiger charge is -2.13. The molecule has 0 atom stereocenters. The van der Waals surface area contributed by atoms with E-state index in [9.17, 15) is 9.90 Å². The zero-order valence-corrected chi connectivity index (χ0v) is 15.9. The van der Waals surface area contributed by atoms with Gasteiger partial charge in [-0.1, -0.05) is 6.08 Å². The summed E-state index contributed by atoms with van der Waals surface area (Å²) in [7, 11) is 0. The Morgan fingerprint density at radius 3 is 2.79 bits per heavy atom. The maximum Gasteiger partial charge on any atom is 0.157 e. The lowest BCUT2D eigenvalue weighted by Crippen LogP contribution is -2.07. The summed E-state index contributed by atoms with van der Waals surface area (Å²) < 4.78 is 2.00. The third-order valence-corrected chi connectivity index (χ3v) is 4.75. The maximum atomic E-state index is 11.4. The zero-order valence-electron chi connectivity index (χ0n) is 15.9. The van der Waals surface area contributed by atoms with Crippen LogP contribution in [0.3, 0.4) is 0 Å². The van der Waals surface area contributed by atoms with Crippen LogP contribution in [0.1, 0.15) is 50.8 Å². The summed E-state index contributed by atoms with van der Waals surface area (Å²) in [6.07, 6.45) is 6.95. The van der Waals surface area contributed by atoms with Crippen LogP contribution in [0.15, 0.2) is 30.6 Å². The number of imidazole rings is 1. The van der Waals surface area contributed by atoms with E-state index in [-0.39, 0.29) is 18.4 Å². The number of rotatable bonds is 5. The molecule has 1 aliphatic carbocycles. The van der Waals surface area contributed by atoms with Crippen molar-refractivity contribution in [1.82, 2.24) is 24.5 Å². The first kappa shape index (κ1) is 18.2. The number of anilines is 2. The molecule has 144 valence electrons. The van der Waals surface area contributed by atoms with Gasteiger partial charge in [-0.25, -0.2) is 19.9 Å². The number of aliphatic hydroxyl groups is 1. The number of aromatic nitrogens is 5. The summed E-state index contributed by atoms with van der Waals surface area (Å²) in [5.74, 6) is 2.77. The second kappa shape index (κ2) is 7.47. The van der Waals surface area contributed by atoms with Crippen LogP contribution in [0.5, 0.6) is 0 Å². The SMILES string of the molecule is CC(C)n1c(CO)nc2cnc(Nc3ccnc(C4=CCC(=O)CC4)n3)cc21. The Balaban J connectivity index is 1.64. The van der Waals surface area contributed by atoms with Crippen molar-refractivity contribution in [1.29, 1.82) is 0 Å². The fourth-order valence-corrected chi connectivity index (χ4v) is 3.44. The number of nitrogens with one attached hydrogen (secondary N) is 1. The smallest absolute Gasteiger partial charge is 0.157 e. The first-order chi connectivity index (χ1) is 13.5. The molecule has 3 heterocycles. The van der Waals surface area contributed by atoms with Crippen LogP contribution in [-0.2, 0) is 11.4 Å². The molecule has 0 radical (unpaired) electrons. The number of fused-ring (bicyclic) bond motifs is 1. The molecule has 8 nitrogen and oxygen atoms in total. The third-order valence-electron chi connectivity index (χ3n) is 4.75. The Labute approximate surface area is 162 Å². The van der Waals surface area contributed by atoms with Crippen molar-refractivity contribution in [2.75, 3.05) is 5.32 Å². The highest BCUT2D eigenvalue weighted by atomic mass is 16.3. The predicted octanol–water partition coefficient (Wildman–Crippen LogP) is 3.17. The number of Topliss-reactive ketones (excluding diaryl/α,β-unsaturated/α-hetero) is 1. The first-order valence-corrected chi connectivity index (χ1v) is 9.34. The van der Waals surface area contributed by atoms with Gasteiger partial charge in [0, 0.05) is 31.1 Å². The van der Waals surface area contributed by atoms with E-state index in [1.165, 1.54) is 0 Å². The van der Waals surface area contributed by atoms with E-state index in [1.807, 2.05) is 30.6 Å². The molecule has 0 aliphatic heterocycles. The fourth-order valence-electron chi connectivity index (χ4n) is 3.44. The monoisotopic (exact) mass is 378 g/mol. The van der Waals surface area contributed by atoms with Gasteiger partial charge in [-0.3, -0.25) is 4.79 Å². The van der Waals surface area contributed by atoms with Crippen LogP contribution in [-0.4, -0.2) is 35.4 Å². The first-order valence-electron chi connectivity index (χ1n) is 9.34. The minimum atomic E-state index is -0.123. The molecule has 1 aliphatic rings. The average molecular weight is 378 g/mol. The zero-order chi connectivity index (χ0) is 19.7. The number of hydrogen-bond acceptors (Lipinski definition) is 7. The number of hydrogen-bond donors (Lipinski definition) is 2. The van der Waals surface area contributed by atoms with E-state index in [0.29, 0.717) is 42.5 Å². The summed E-state index contributed by atoms with van der Waals surface area (Å²) in [5.41, 5.74) is 2.64. The van der Waals surface area contributed by atoms with Crippen LogP contribution >= 0.6 is 0 Å². The van der Waals surface area contributed by atoms with E-state index in [2.05, 4.69) is 25.3 Å². The molecular formula is C20H22N6O2. The van der Waals surface area contributed by atoms with Crippen molar-refractivity contribution in [2.45, 2.75) is 45.8 Å². The van der Waals surface area contributed by atoms with E-state index < -0.39 is 0 Å². The van der Waals surface area contributed by atoms with Crippen LogP contribution in [0.4, 0.5) is 11.6 Å². The largest absolute Gasteiger partial charge is 0.388 e. The van der Waals surface area contributed by atoms with Gasteiger partial charge >= 0.3 is 0 Å². The minimum Gasteiger partial charge on any atom is -0.388 e. The number of carbonyl (C=O) groups is 1. The highest BCUT2D eigenvalue weighted by Crippen LogP contribution is 2.26. The second-order valence-corrected chi connectivity index (χ2v) is 7.07. The third kappa shape index (κ3) is 3.50. The van der Waals surface area contributed by atoms with Gasteiger partial charge in [0.2, 0.25) is 0 Å². The summed E-state index contributed by atoms with van der Waals surface area (Å²) in [6, 6.07) is 3.85. The molecule has 0 unspecified atom stereocenters. The van der Waals surface area contributed by atoms with Gasteiger partial charge in [0.1, 0.15) is 35.4 Å².